The van der Waals surface area contributed by atoms with Crippen molar-refractivity contribution in [2.24, 2.45) is 21.7 Å². The Bertz CT molecular complexity index is 3900. The van der Waals surface area contributed by atoms with Gasteiger partial charge >= 0.3 is 23.9 Å². The van der Waals surface area contributed by atoms with E-state index in [1.54, 1.807) is 89.4 Å². The third kappa shape index (κ3) is 30.7. The Labute approximate surface area is 744 Å². The minimum atomic E-state index is -1.09. The van der Waals surface area contributed by atoms with Crippen LogP contribution in [0, 0.1) is 21.7 Å². The molecule has 17 nitrogen and oxygen atoms in total. The summed E-state index contributed by atoms with van der Waals surface area (Å²) < 4.78 is 28.3. The predicted molar refractivity (Wildman–Crippen MR) is 500 cm³/mol. The van der Waals surface area contributed by atoms with Gasteiger partial charge in [0.15, 0.2) is 0 Å². The second-order valence-corrected chi connectivity index (χ2v) is 40.7. The molecule has 2 aliphatic carbocycles. The fourth-order valence-electron chi connectivity index (χ4n) is 14.9. The average Bonchev–Trinajstić information content (AvgIpc) is 1.74. The van der Waals surface area contributed by atoms with Crippen LogP contribution in [0.15, 0.2) is 91.0 Å². The van der Waals surface area contributed by atoms with Gasteiger partial charge in [0.25, 0.3) is 0 Å². The summed E-state index contributed by atoms with van der Waals surface area (Å²) in [5.41, 5.74) is -0.759. The fourth-order valence-corrected chi connectivity index (χ4v) is 14.9. The first-order valence-electron chi connectivity index (χ1n) is 46.6. The van der Waals surface area contributed by atoms with Crippen LogP contribution in [0.25, 0.3) is 0 Å². The van der Waals surface area contributed by atoms with E-state index in [1.807, 2.05) is 129 Å². The Hall–Kier alpha value is -6.38. The zero-order chi connectivity index (χ0) is 94.4. The van der Waals surface area contributed by atoms with Gasteiger partial charge in [0.1, 0.15) is 23.0 Å². The molecule has 0 spiro atoms. The van der Waals surface area contributed by atoms with E-state index < -0.39 is 66.5 Å². The molecule has 696 valence electrons. The highest BCUT2D eigenvalue weighted by molar-refractivity contribution is 5.80. The zero-order valence-electron chi connectivity index (χ0n) is 82.7. The Morgan fingerprint density at radius 1 is 0.325 bits per heavy atom. The van der Waals surface area contributed by atoms with Crippen LogP contribution in [0.3, 0.4) is 0 Å². The van der Waals surface area contributed by atoms with Crippen molar-refractivity contribution in [1.82, 2.24) is 0 Å². The Morgan fingerprint density at radius 3 is 0.805 bits per heavy atom. The maximum absolute atomic E-state index is 12.7. The molecule has 2 aliphatic rings. The number of ether oxygens (including phenoxy) is 5. The van der Waals surface area contributed by atoms with Crippen LogP contribution in [0.4, 0.5) is 0 Å². The van der Waals surface area contributed by atoms with Crippen LogP contribution in [-0.4, -0.2) is 71.8 Å². The van der Waals surface area contributed by atoms with Gasteiger partial charge in [-0.05, 0) is 351 Å². The largest absolute Gasteiger partial charge is 0.426 e. The van der Waals surface area contributed by atoms with Crippen molar-refractivity contribution < 1.29 is 83.7 Å². The van der Waals surface area contributed by atoms with Crippen molar-refractivity contribution in [3.05, 3.63) is 152 Å². The summed E-state index contributed by atoms with van der Waals surface area (Å²) in [7, 11) is 1.78. The highest BCUT2D eigenvalue weighted by atomic mass is 16.6. The van der Waals surface area contributed by atoms with E-state index in [9.17, 15) is 60.0 Å². The summed E-state index contributed by atoms with van der Waals surface area (Å²) >= 11 is 0. The van der Waals surface area contributed by atoms with Crippen LogP contribution >= 0.6 is 0 Å². The van der Waals surface area contributed by atoms with Crippen molar-refractivity contribution in [3.8, 4) is 23.0 Å². The summed E-state index contributed by atoms with van der Waals surface area (Å²) in [6.45, 7) is 60.8. The standard InChI is InChI=1S/C26H44O4.C22H32O4.C22H36O4.C18H28O4.C18H30O/c1-8-13-25(28,14-9-2)20-17-21(26(29,15-10-3)16-11-4)19-22(18-20)30-23(27)24(6,7)12-5;1-4-20(2,3)19(23)26-18-14-16(21(24)9-5-6-10-21)13-17(15-18)22(25)11-7-8-12-22;1-8-20(6,7)19(23)26-18-14-16(21(24,9-2)10-3)13-17(15-18)22(25,11-4)12-5;1-8-16(2,3)15(19)22-14-10-12(17(4,5)20)9-13(11-14)18(6,7)21;1-9-13(2)14-10-15(17(3,4)5)12-16(11-14)18(6,7)19-8/h17-19,28-29H,8-16H2,1-7H3;13-15,24-25H,4-12H2,1-3H3;13-15,24-25H,8-12H2,1-7H3;9-11,20-21H,8H2,1-7H3;10-13H,9H2,1-8H3. The molecule has 5 aromatic rings. The smallest absolute Gasteiger partial charge is 0.316 e. The summed E-state index contributed by atoms with van der Waals surface area (Å²) in [5.74, 6) is 0.939. The van der Waals surface area contributed by atoms with Crippen molar-refractivity contribution in [2.45, 2.75) is 437 Å². The molecule has 1 unspecified atom stereocenters. The predicted octanol–water partition coefficient (Wildman–Crippen LogP) is 25.1. The fraction of sp³-hybridized carbons (Fsp3) is 0.679. The quantitative estimate of drug-likeness (QED) is 0.0137. The second kappa shape index (κ2) is 45.5. The number of carbonyl (C=O) groups excluding carboxylic acids is 4. The molecule has 0 radical (unpaired) electrons. The van der Waals surface area contributed by atoms with E-state index in [0.717, 1.165) is 73.6 Å². The summed E-state index contributed by atoms with van der Waals surface area (Å²) in [5, 5.41) is 87.5. The molecule has 17 heteroatoms. The molecular weight excluding hydrogens is 1550 g/mol. The van der Waals surface area contributed by atoms with E-state index in [2.05, 4.69) is 94.4 Å². The van der Waals surface area contributed by atoms with E-state index in [0.29, 0.717) is 154 Å². The minimum Gasteiger partial charge on any atom is -0.426 e. The number of aliphatic hydroxyl groups is 8. The first kappa shape index (κ1) is 111. The topological polar surface area (TPSA) is 276 Å². The Balaban J connectivity index is 0.000000400. The third-order valence-electron chi connectivity index (χ3n) is 26.9. The highest BCUT2D eigenvalue weighted by Gasteiger charge is 2.42. The van der Waals surface area contributed by atoms with Gasteiger partial charge in [-0.25, -0.2) is 0 Å². The highest BCUT2D eigenvalue weighted by Crippen LogP contribution is 2.48. The molecule has 2 fully saturated rings. The van der Waals surface area contributed by atoms with Crippen molar-refractivity contribution in [2.75, 3.05) is 7.11 Å². The van der Waals surface area contributed by atoms with Crippen molar-refractivity contribution >= 4 is 23.9 Å². The van der Waals surface area contributed by atoms with Gasteiger partial charge in [0.2, 0.25) is 0 Å². The SMILES string of the molecule is CCC(C)(C)C(=O)Oc1cc(C(C)(C)O)cc(C(C)(C)O)c1.CCC(C)(C)C(=O)Oc1cc(C(O)(CC)CC)cc(C(O)(CC)CC)c1.CCC(C)(C)C(=O)Oc1cc(C2(O)CCCC2)cc(C2(O)CCCC2)c1.CCC(C)c1cc(C(C)(C)C)cc(C(C)(C)OC)c1.CCCC(O)(CCC)c1cc(OC(=O)C(C)(C)CC)cc(C(O)(CCC)CCC)c1. The second-order valence-electron chi connectivity index (χ2n) is 40.7. The van der Waals surface area contributed by atoms with E-state index in [4.69, 9.17) is 23.7 Å². The van der Waals surface area contributed by atoms with Gasteiger partial charge in [0, 0.05) is 7.11 Å². The van der Waals surface area contributed by atoms with Crippen LogP contribution in [0.1, 0.15) is 442 Å². The van der Waals surface area contributed by atoms with Gasteiger partial charge in [-0.1, -0.05) is 187 Å². The van der Waals surface area contributed by atoms with Gasteiger partial charge in [0.05, 0.1) is 72.1 Å². The van der Waals surface area contributed by atoms with E-state index >= 15 is 0 Å². The molecule has 7 rings (SSSR count). The molecular formula is C106H170O17. The average molecular weight is 1720 g/mol. The normalized spacial score (nSPS) is 15.1. The summed E-state index contributed by atoms with van der Waals surface area (Å²) in [4.78, 5) is 50.0. The monoisotopic (exact) mass is 1720 g/mol. The number of rotatable bonds is 36. The maximum Gasteiger partial charge on any atom is 0.316 e. The molecule has 8 N–H and O–H groups in total. The lowest BCUT2D eigenvalue weighted by molar-refractivity contribution is -0.144. The molecule has 0 aromatic heterocycles. The van der Waals surface area contributed by atoms with Crippen LogP contribution in [0.2, 0.25) is 0 Å². The van der Waals surface area contributed by atoms with E-state index in [-0.39, 0.29) is 34.9 Å². The van der Waals surface area contributed by atoms with Gasteiger partial charge in [-0.3, -0.25) is 19.2 Å². The summed E-state index contributed by atoms with van der Waals surface area (Å²) in [6.07, 6.45) is 18.7. The minimum absolute atomic E-state index is 0.169. The van der Waals surface area contributed by atoms with Gasteiger partial charge in [-0.15, -0.1) is 0 Å². The molecule has 0 saturated heterocycles. The van der Waals surface area contributed by atoms with Crippen LogP contribution in [-0.2, 0) is 79.7 Å². The third-order valence-corrected chi connectivity index (χ3v) is 26.9. The number of hydrogen-bond acceptors (Lipinski definition) is 17. The first-order chi connectivity index (χ1) is 56.6. The number of methoxy groups -OCH3 is 1. The molecule has 0 amide bonds. The first-order valence-corrected chi connectivity index (χ1v) is 46.6. The molecule has 1 atom stereocenters. The Kier molecular flexibility index (Phi) is 41.0. The van der Waals surface area contributed by atoms with Crippen molar-refractivity contribution in [3.63, 3.8) is 0 Å². The summed E-state index contributed by atoms with van der Waals surface area (Å²) in [6, 6.07) is 28.3. The lowest BCUT2D eigenvalue weighted by Crippen LogP contribution is -2.31. The molecule has 0 aliphatic heterocycles. The lowest BCUT2D eigenvalue weighted by Gasteiger charge is -2.33. The molecule has 2 saturated carbocycles. The maximum atomic E-state index is 12.7. The molecule has 123 heavy (non-hydrogen) atoms. The molecule has 0 bridgehead atoms. The number of benzene rings is 5. The molecule has 5 aromatic carbocycles. The van der Waals surface area contributed by atoms with Gasteiger partial charge in [-0.2, -0.15) is 0 Å². The van der Waals surface area contributed by atoms with Crippen LogP contribution in [0.5, 0.6) is 23.0 Å². The molecule has 0 heterocycles. The van der Waals surface area contributed by atoms with Crippen LogP contribution < -0.4 is 18.9 Å². The van der Waals surface area contributed by atoms with E-state index in [1.165, 1.54) is 23.1 Å². The number of esters is 4. The zero-order valence-corrected chi connectivity index (χ0v) is 82.7. The Morgan fingerprint density at radius 2 is 0.569 bits per heavy atom. The number of hydrogen-bond donors (Lipinski definition) is 8. The van der Waals surface area contributed by atoms with Crippen molar-refractivity contribution in [1.29, 1.82) is 0 Å². The number of carbonyl (C=O) groups is 4. The van der Waals surface area contributed by atoms with Gasteiger partial charge < -0.3 is 64.5 Å². The lowest BCUT2D eigenvalue weighted by atomic mass is 9.80.